The molecule has 0 radical (unpaired) electrons. The molecule has 1 unspecified atom stereocenters. The number of carbonyl (C=O) groups is 3. The molecule has 2 aliphatic heterocycles. The van der Waals surface area contributed by atoms with E-state index in [0.29, 0.717) is 31.6 Å². The molecule has 9 heteroatoms. The molecule has 0 bridgehead atoms. The largest absolute Gasteiger partial charge is 0.322 e. The fourth-order valence-electron chi connectivity index (χ4n) is 4.52. The van der Waals surface area contributed by atoms with Crippen molar-refractivity contribution < 1.29 is 22.8 Å². The number of nitrogens with one attached hydrogen (secondary N) is 2. The maximum atomic E-state index is 12.8. The van der Waals surface area contributed by atoms with Gasteiger partial charge in [0.25, 0.3) is 5.91 Å². The molecular weight excluding hydrogens is 442 g/mol. The van der Waals surface area contributed by atoms with Crippen molar-refractivity contribution >= 4 is 33.4 Å². The van der Waals surface area contributed by atoms with Crippen molar-refractivity contribution in [2.24, 2.45) is 0 Å². The van der Waals surface area contributed by atoms with Crippen molar-refractivity contribution in [2.75, 3.05) is 18.4 Å². The van der Waals surface area contributed by atoms with Crippen LogP contribution in [0.5, 0.6) is 0 Å². The van der Waals surface area contributed by atoms with Crippen LogP contribution in [0.4, 0.5) is 5.69 Å². The molecule has 3 amide bonds. The zero-order chi connectivity index (χ0) is 23.6. The number of amides is 3. The second-order valence-electron chi connectivity index (χ2n) is 8.48. The van der Waals surface area contributed by atoms with Crippen molar-refractivity contribution in [3.8, 4) is 0 Å². The summed E-state index contributed by atoms with van der Waals surface area (Å²) >= 11 is 0. The molecule has 2 N–H and O–H groups in total. The van der Waals surface area contributed by atoms with Crippen LogP contribution in [0, 0.1) is 0 Å². The second kappa shape index (κ2) is 9.07. The number of imide groups is 1. The Labute approximate surface area is 193 Å². The Balaban J connectivity index is 1.50. The summed E-state index contributed by atoms with van der Waals surface area (Å²) in [6, 6.07) is 13.0. The maximum absolute atomic E-state index is 12.8. The van der Waals surface area contributed by atoms with Gasteiger partial charge >= 0.3 is 0 Å². The number of hydrogen-bond acceptors (Lipinski definition) is 5. The fourth-order valence-corrected chi connectivity index (χ4v) is 6.08. The van der Waals surface area contributed by atoms with E-state index >= 15 is 0 Å². The smallest absolute Gasteiger partial charge is 0.255 e. The van der Waals surface area contributed by atoms with Crippen LogP contribution in [0.2, 0.25) is 0 Å². The monoisotopic (exact) mass is 469 g/mol. The van der Waals surface area contributed by atoms with Crippen molar-refractivity contribution in [1.82, 2.24) is 9.62 Å². The third-order valence-electron chi connectivity index (χ3n) is 6.56. The zero-order valence-corrected chi connectivity index (χ0v) is 19.3. The molecule has 2 heterocycles. The van der Waals surface area contributed by atoms with Crippen LogP contribution < -0.4 is 10.6 Å². The normalized spacial score (nSPS) is 21.6. The Bertz CT molecular complexity index is 1190. The lowest BCUT2D eigenvalue weighted by Gasteiger charge is -2.35. The first-order valence-corrected chi connectivity index (χ1v) is 12.6. The number of benzene rings is 2. The standard InChI is InChI=1S/C24H27N3O5S/c1-2-24(13-12-21(28)26-23(24)30)18-8-10-19(11-9-18)25-22(29)17-6-5-7-20(16-17)33(31,32)27-14-3-4-15-27/h5-11,16H,2-4,12-15H2,1H3,(H,25,29)(H,26,28,30). The van der Waals surface area contributed by atoms with Crippen LogP contribution >= 0.6 is 0 Å². The molecule has 2 aromatic carbocycles. The zero-order valence-electron chi connectivity index (χ0n) is 18.5. The van der Waals surface area contributed by atoms with Gasteiger partial charge in [-0.3, -0.25) is 19.7 Å². The van der Waals surface area contributed by atoms with E-state index in [9.17, 15) is 22.8 Å². The lowest BCUT2D eigenvalue weighted by molar-refractivity contribution is -0.138. The molecule has 0 saturated carbocycles. The lowest BCUT2D eigenvalue weighted by Crippen LogP contribution is -2.51. The topological polar surface area (TPSA) is 113 Å². The quantitative estimate of drug-likeness (QED) is 0.632. The second-order valence-corrected chi connectivity index (χ2v) is 10.4. The molecule has 0 aromatic heterocycles. The van der Waals surface area contributed by atoms with Gasteiger partial charge in [-0.05, 0) is 61.6 Å². The molecule has 4 rings (SSSR count). The van der Waals surface area contributed by atoms with Crippen LogP contribution in [0.25, 0.3) is 0 Å². The van der Waals surface area contributed by atoms with Crippen LogP contribution in [0.1, 0.15) is 54.9 Å². The number of sulfonamides is 1. The number of nitrogens with zero attached hydrogens (tertiary/aromatic N) is 1. The van der Waals surface area contributed by atoms with E-state index in [1.807, 2.05) is 6.92 Å². The summed E-state index contributed by atoms with van der Waals surface area (Å²) in [6.45, 7) is 2.90. The molecular formula is C24H27N3O5S. The third-order valence-corrected chi connectivity index (χ3v) is 8.46. The minimum absolute atomic E-state index is 0.107. The van der Waals surface area contributed by atoms with Gasteiger partial charge in [0.1, 0.15) is 0 Å². The lowest BCUT2D eigenvalue weighted by atomic mass is 9.72. The van der Waals surface area contributed by atoms with Gasteiger partial charge in [0, 0.05) is 30.8 Å². The minimum atomic E-state index is -3.61. The summed E-state index contributed by atoms with van der Waals surface area (Å²) in [7, 11) is -3.61. The molecule has 33 heavy (non-hydrogen) atoms. The van der Waals surface area contributed by atoms with E-state index in [4.69, 9.17) is 0 Å². The van der Waals surface area contributed by atoms with Gasteiger partial charge in [-0.15, -0.1) is 0 Å². The molecule has 8 nitrogen and oxygen atoms in total. The Morgan fingerprint density at radius 1 is 1.09 bits per heavy atom. The Morgan fingerprint density at radius 3 is 2.42 bits per heavy atom. The highest BCUT2D eigenvalue weighted by atomic mass is 32.2. The highest BCUT2D eigenvalue weighted by Gasteiger charge is 2.42. The van der Waals surface area contributed by atoms with Crippen molar-refractivity contribution in [3.05, 3.63) is 59.7 Å². The Kier molecular flexibility index (Phi) is 6.36. The molecule has 2 fully saturated rings. The summed E-state index contributed by atoms with van der Waals surface area (Å²) in [6.07, 6.45) is 2.96. The average molecular weight is 470 g/mol. The highest BCUT2D eigenvalue weighted by molar-refractivity contribution is 7.89. The number of carbonyl (C=O) groups excluding carboxylic acids is 3. The van der Waals surface area contributed by atoms with Gasteiger partial charge in [0.05, 0.1) is 10.3 Å². The Hall–Kier alpha value is -3.04. The minimum Gasteiger partial charge on any atom is -0.322 e. The molecule has 2 aromatic rings. The number of piperidine rings is 1. The van der Waals surface area contributed by atoms with Crippen molar-refractivity contribution in [1.29, 1.82) is 0 Å². The SMILES string of the molecule is CCC1(c2ccc(NC(=O)c3cccc(S(=O)(=O)N4CCCC4)c3)cc2)CCC(=O)NC1=O. The van der Waals surface area contributed by atoms with E-state index in [0.717, 1.165) is 18.4 Å². The van der Waals surface area contributed by atoms with E-state index in [1.54, 1.807) is 36.4 Å². The van der Waals surface area contributed by atoms with Gasteiger partial charge in [0.15, 0.2) is 0 Å². The summed E-state index contributed by atoms with van der Waals surface area (Å²) in [4.78, 5) is 37.0. The van der Waals surface area contributed by atoms with E-state index < -0.39 is 21.3 Å². The first-order chi connectivity index (χ1) is 15.8. The van der Waals surface area contributed by atoms with Gasteiger partial charge in [-0.25, -0.2) is 8.42 Å². The van der Waals surface area contributed by atoms with Crippen LogP contribution in [-0.4, -0.2) is 43.5 Å². The third kappa shape index (κ3) is 4.43. The summed E-state index contributed by atoms with van der Waals surface area (Å²) in [5.41, 5.74) is 0.783. The van der Waals surface area contributed by atoms with Gasteiger partial charge in [-0.1, -0.05) is 25.1 Å². The van der Waals surface area contributed by atoms with Crippen LogP contribution in [0.15, 0.2) is 53.4 Å². The molecule has 0 spiro atoms. The summed E-state index contributed by atoms with van der Waals surface area (Å²) < 4.78 is 27.0. The first kappa shape index (κ1) is 23.1. The van der Waals surface area contributed by atoms with Crippen LogP contribution in [-0.2, 0) is 25.0 Å². The van der Waals surface area contributed by atoms with Crippen LogP contribution in [0.3, 0.4) is 0 Å². The molecule has 2 aliphatic rings. The van der Waals surface area contributed by atoms with Gasteiger partial charge in [0.2, 0.25) is 21.8 Å². The maximum Gasteiger partial charge on any atom is 0.255 e. The average Bonchev–Trinajstić information content (AvgIpc) is 3.36. The molecule has 2 saturated heterocycles. The highest BCUT2D eigenvalue weighted by Crippen LogP contribution is 2.36. The number of anilines is 1. The molecule has 174 valence electrons. The number of rotatable bonds is 6. The summed E-state index contributed by atoms with van der Waals surface area (Å²) in [5.74, 6) is -0.983. The molecule has 1 atom stereocenters. The predicted molar refractivity (Wildman–Crippen MR) is 123 cm³/mol. The van der Waals surface area contributed by atoms with Gasteiger partial charge in [-0.2, -0.15) is 4.31 Å². The molecule has 0 aliphatic carbocycles. The van der Waals surface area contributed by atoms with Crippen molar-refractivity contribution in [2.45, 2.75) is 49.3 Å². The first-order valence-electron chi connectivity index (χ1n) is 11.1. The van der Waals surface area contributed by atoms with E-state index in [2.05, 4.69) is 10.6 Å². The van der Waals surface area contributed by atoms with Crippen molar-refractivity contribution in [3.63, 3.8) is 0 Å². The summed E-state index contributed by atoms with van der Waals surface area (Å²) in [5, 5.41) is 5.21. The fraction of sp³-hybridized carbons (Fsp3) is 0.375. The van der Waals surface area contributed by atoms with E-state index in [-0.39, 0.29) is 28.7 Å². The predicted octanol–water partition coefficient (Wildman–Crippen LogP) is 2.81. The van der Waals surface area contributed by atoms with E-state index in [1.165, 1.54) is 16.4 Å². The van der Waals surface area contributed by atoms with Gasteiger partial charge < -0.3 is 5.32 Å². The Morgan fingerprint density at radius 2 is 1.79 bits per heavy atom. The number of hydrogen-bond donors (Lipinski definition) is 2.